The second-order valence-corrected chi connectivity index (χ2v) is 8.12. The molecule has 2 rings (SSSR count). The lowest BCUT2D eigenvalue weighted by molar-refractivity contribution is -0.385. The van der Waals surface area contributed by atoms with Crippen molar-refractivity contribution in [1.29, 1.82) is 0 Å². The van der Waals surface area contributed by atoms with E-state index in [-0.39, 0.29) is 10.6 Å². The Hall–Kier alpha value is -1.51. The molecule has 1 aliphatic rings. The number of hydrogen-bond donors (Lipinski definition) is 0. The fraction of sp³-hybridized carbons (Fsp3) is 0.600. The van der Waals surface area contributed by atoms with Crippen LogP contribution in [0.5, 0.6) is 0 Å². The average Bonchev–Trinajstić information content (AvgIpc) is 2.53. The molecule has 8 heteroatoms. The van der Waals surface area contributed by atoms with Gasteiger partial charge in [-0.1, -0.05) is 19.9 Å². The lowest BCUT2D eigenvalue weighted by atomic mass is 10.1. The van der Waals surface area contributed by atoms with Crippen molar-refractivity contribution in [3.05, 3.63) is 34.4 Å². The smallest absolute Gasteiger partial charge is 0.270 e. The summed E-state index contributed by atoms with van der Waals surface area (Å²) in [7, 11) is -3.67. The van der Waals surface area contributed by atoms with Gasteiger partial charge in [-0.15, -0.1) is 0 Å². The zero-order valence-corrected chi connectivity index (χ0v) is 14.3. The Morgan fingerprint density at radius 2 is 1.87 bits per heavy atom. The van der Waals surface area contributed by atoms with Crippen molar-refractivity contribution in [3.63, 3.8) is 0 Å². The third-order valence-electron chi connectivity index (χ3n) is 4.02. The van der Waals surface area contributed by atoms with Crippen molar-refractivity contribution in [1.82, 2.24) is 9.21 Å². The molecule has 0 spiro atoms. The number of sulfonamides is 1. The molecule has 1 heterocycles. The highest BCUT2D eigenvalue weighted by atomic mass is 32.2. The molecule has 1 aromatic carbocycles. The summed E-state index contributed by atoms with van der Waals surface area (Å²) in [5.41, 5.74) is -0.207. The van der Waals surface area contributed by atoms with Crippen LogP contribution in [0.1, 0.15) is 20.3 Å². The molecular weight excluding hydrogens is 318 g/mol. The lowest BCUT2D eigenvalue weighted by Crippen LogP contribution is -2.48. The van der Waals surface area contributed by atoms with E-state index in [1.54, 1.807) is 0 Å². The maximum atomic E-state index is 12.6. The molecule has 1 saturated heterocycles. The summed E-state index contributed by atoms with van der Waals surface area (Å²) in [4.78, 5) is 12.5. The molecule has 0 atom stereocenters. The minimum Gasteiger partial charge on any atom is -0.301 e. The van der Waals surface area contributed by atoms with Gasteiger partial charge >= 0.3 is 0 Å². The summed E-state index contributed by atoms with van der Waals surface area (Å²) in [6.45, 7) is 7.54. The summed E-state index contributed by atoms with van der Waals surface area (Å²) in [5, 5.41) is 10.8. The van der Waals surface area contributed by atoms with Crippen LogP contribution in [0.15, 0.2) is 29.2 Å². The highest BCUT2D eigenvalue weighted by Gasteiger charge is 2.29. The summed E-state index contributed by atoms with van der Waals surface area (Å²) in [6, 6.07) is 5.24. The predicted molar refractivity (Wildman–Crippen MR) is 87.8 cm³/mol. The second kappa shape index (κ2) is 7.37. The number of non-ortho nitro benzene ring substituents is 1. The molecule has 0 aliphatic carbocycles. The van der Waals surface area contributed by atoms with Crippen molar-refractivity contribution >= 4 is 15.7 Å². The molecule has 0 radical (unpaired) electrons. The lowest BCUT2D eigenvalue weighted by Gasteiger charge is -2.34. The monoisotopic (exact) mass is 341 g/mol. The number of benzene rings is 1. The quantitative estimate of drug-likeness (QED) is 0.583. The zero-order chi connectivity index (χ0) is 17.0. The highest BCUT2D eigenvalue weighted by Crippen LogP contribution is 2.22. The molecule has 1 aromatic rings. The van der Waals surface area contributed by atoms with E-state index in [4.69, 9.17) is 0 Å². The fourth-order valence-electron chi connectivity index (χ4n) is 2.54. The molecule has 0 amide bonds. The standard InChI is InChI=1S/C15H23N3O4S/c1-13(2)6-7-16-8-10-17(11-9-16)23(21,22)15-5-3-4-14(12-15)18(19)20/h3-5,12-13H,6-11H2,1-2H3. The minimum atomic E-state index is -3.67. The van der Waals surface area contributed by atoms with E-state index in [1.165, 1.54) is 22.5 Å². The van der Waals surface area contributed by atoms with E-state index < -0.39 is 14.9 Å². The molecule has 0 saturated carbocycles. The highest BCUT2D eigenvalue weighted by molar-refractivity contribution is 7.89. The van der Waals surface area contributed by atoms with Gasteiger partial charge in [-0.2, -0.15) is 4.31 Å². The minimum absolute atomic E-state index is 0.0117. The van der Waals surface area contributed by atoms with Crippen LogP contribution in [0.4, 0.5) is 5.69 Å². The van der Waals surface area contributed by atoms with Crippen LogP contribution in [-0.2, 0) is 10.0 Å². The van der Waals surface area contributed by atoms with Crippen LogP contribution in [-0.4, -0.2) is 55.3 Å². The number of nitrogens with zero attached hydrogens (tertiary/aromatic N) is 3. The van der Waals surface area contributed by atoms with E-state index in [2.05, 4.69) is 18.7 Å². The van der Waals surface area contributed by atoms with E-state index >= 15 is 0 Å². The van der Waals surface area contributed by atoms with Crippen molar-refractivity contribution in [2.75, 3.05) is 32.7 Å². The van der Waals surface area contributed by atoms with E-state index in [1.807, 2.05) is 0 Å². The first-order valence-electron chi connectivity index (χ1n) is 7.77. The van der Waals surface area contributed by atoms with Gasteiger partial charge in [0, 0.05) is 38.3 Å². The molecule has 0 N–H and O–H groups in total. The third-order valence-corrected chi connectivity index (χ3v) is 5.91. The van der Waals surface area contributed by atoms with Crippen LogP contribution in [0.25, 0.3) is 0 Å². The summed E-state index contributed by atoms with van der Waals surface area (Å²) >= 11 is 0. The molecular formula is C15H23N3O4S. The van der Waals surface area contributed by atoms with E-state index in [0.29, 0.717) is 32.1 Å². The van der Waals surface area contributed by atoms with Crippen molar-refractivity contribution in [3.8, 4) is 0 Å². The SMILES string of the molecule is CC(C)CCN1CCN(S(=O)(=O)c2cccc([N+](=O)[O-])c2)CC1. The third kappa shape index (κ3) is 4.49. The predicted octanol–water partition coefficient (Wildman–Crippen LogP) is 1.95. The van der Waals surface area contributed by atoms with Gasteiger partial charge in [0.25, 0.3) is 5.69 Å². The van der Waals surface area contributed by atoms with Crippen molar-refractivity contribution in [2.45, 2.75) is 25.2 Å². The van der Waals surface area contributed by atoms with Gasteiger partial charge in [0.1, 0.15) is 0 Å². The summed E-state index contributed by atoms with van der Waals surface area (Å²) < 4.78 is 26.7. The normalized spacial score (nSPS) is 17.5. The van der Waals surface area contributed by atoms with Crippen molar-refractivity contribution < 1.29 is 13.3 Å². The van der Waals surface area contributed by atoms with E-state index in [0.717, 1.165) is 19.0 Å². The van der Waals surface area contributed by atoms with Crippen LogP contribution in [0.2, 0.25) is 0 Å². The van der Waals surface area contributed by atoms with Gasteiger partial charge in [0.2, 0.25) is 10.0 Å². The number of piperazine rings is 1. The average molecular weight is 341 g/mol. The van der Waals surface area contributed by atoms with Crippen LogP contribution in [0, 0.1) is 16.0 Å². The number of nitro benzene ring substituents is 1. The van der Waals surface area contributed by atoms with Gasteiger partial charge in [-0.25, -0.2) is 8.42 Å². The topological polar surface area (TPSA) is 83.8 Å². The first-order valence-corrected chi connectivity index (χ1v) is 9.21. The van der Waals surface area contributed by atoms with Gasteiger partial charge in [0.05, 0.1) is 9.82 Å². The molecule has 1 fully saturated rings. The molecule has 0 unspecified atom stereocenters. The number of nitro groups is 1. The first kappa shape index (κ1) is 17.8. The molecule has 0 aromatic heterocycles. The second-order valence-electron chi connectivity index (χ2n) is 6.18. The molecule has 23 heavy (non-hydrogen) atoms. The number of hydrogen-bond acceptors (Lipinski definition) is 5. The Labute approximate surface area is 137 Å². The van der Waals surface area contributed by atoms with E-state index in [9.17, 15) is 18.5 Å². The molecule has 7 nitrogen and oxygen atoms in total. The van der Waals surface area contributed by atoms with Crippen LogP contribution >= 0.6 is 0 Å². The maximum Gasteiger partial charge on any atom is 0.270 e. The van der Waals surface area contributed by atoms with Crippen LogP contribution < -0.4 is 0 Å². The number of rotatable bonds is 6. The molecule has 0 bridgehead atoms. The Balaban J connectivity index is 2.04. The van der Waals surface area contributed by atoms with Crippen molar-refractivity contribution in [2.24, 2.45) is 5.92 Å². The van der Waals surface area contributed by atoms with Crippen LogP contribution in [0.3, 0.4) is 0 Å². The summed E-state index contributed by atoms with van der Waals surface area (Å²) in [5.74, 6) is 0.627. The largest absolute Gasteiger partial charge is 0.301 e. The Bertz CT molecular complexity index is 652. The fourth-order valence-corrected chi connectivity index (χ4v) is 4.00. The molecule has 128 valence electrons. The Morgan fingerprint density at radius 3 is 2.43 bits per heavy atom. The summed E-state index contributed by atoms with van der Waals surface area (Å²) in [6.07, 6.45) is 1.09. The maximum absolute atomic E-state index is 12.6. The van der Waals surface area contributed by atoms with Gasteiger partial charge in [-0.05, 0) is 24.9 Å². The Kier molecular flexibility index (Phi) is 5.72. The Morgan fingerprint density at radius 1 is 1.22 bits per heavy atom. The zero-order valence-electron chi connectivity index (χ0n) is 13.5. The van der Waals surface area contributed by atoms with Gasteiger partial charge in [0.15, 0.2) is 0 Å². The van der Waals surface area contributed by atoms with Gasteiger partial charge in [-0.3, -0.25) is 10.1 Å². The van der Waals surface area contributed by atoms with Gasteiger partial charge < -0.3 is 4.90 Å². The first-order chi connectivity index (χ1) is 10.8. The molecule has 1 aliphatic heterocycles.